The zero-order valence-electron chi connectivity index (χ0n) is 16.1. The molecule has 0 radical (unpaired) electrons. The van der Waals surface area contributed by atoms with E-state index in [-0.39, 0.29) is 5.91 Å². The molecular weight excluding hydrogens is 350 g/mol. The lowest BCUT2D eigenvalue weighted by Gasteiger charge is -2.05. The van der Waals surface area contributed by atoms with Crippen molar-refractivity contribution in [2.75, 3.05) is 20.3 Å². The van der Waals surface area contributed by atoms with Crippen molar-refractivity contribution < 1.29 is 9.53 Å². The third kappa shape index (κ3) is 3.80. The SMILES string of the molecule is COCCn1cc(CC(=O)NCCc2c[nH]c3ccccc23)c2ccccc21. The molecule has 0 fully saturated rings. The number of carbonyl (C=O) groups is 1. The van der Waals surface area contributed by atoms with E-state index in [1.165, 1.54) is 10.9 Å². The van der Waals surface area contributed by atoms with Crippen molar-refractivity contribution in [1.82, 2.24) is 14.9 Å². The number of methoxy groups -OCH3 is 1. The molecule has 0 aliphatic rings. The number of fused-ring (bicyclic) bond motifs is 2. The number of H-pyrrole nitrogens is 1. The average molecular weight is 375 g/mol. The van der Waals surface area contributed by atoms with E-state index in [1.54, 1.807) is 7.11 Å². The Labute approximate surface area is 164 Å². The van der Waals surface area contributed by atoms with E-state index >= 15 is 0 Å². The van der Waals surface area contributed by atoms with Gasteiger partial charge in [0.2, 0.25) is 5.91 Å². The van der Waals surface area contributed by atoms with Crippen LogP contribution in [0.15, 0.2) is 60.9 Å². The minimum Gasteiger partial charge on any atom is -0.383 e. The molecule has 2 heterocycles. The number of benzene rings is 2. The second-order valence-corrected chi connectivity index (χ2v) is 6.99. The number of amides is 1. The molecule has 28 heavy (non-hydrogen) atoms. The number of aromatic amines is 1. The Morgan fingerprint density at radius 3 is 2.71 bits per heavy atom. The van der Waals surface area contributed by atoms with Crippen molar-refractivity contribution in [2.24, 2.45) is 0 Å². The maximum absolute atomic E-state index is 12.5. The highest BCUT2D eigenvalue weighted by Gasteiger charge is 2.12. The van der Waals surface area contributed by atoms with Crippen LogP contribution in [0.5, 0.6) is 0 Å². The number of hydrogen-bond acceptors (Lipinski definition) is 2. The van der Waals surface area contributed by atoms with Crippen LogP contribution in [0.1, 0.15) is 11.1 Å². The summed E-state index contributed by atoms with van der Waals surface area (Å²) in [5.41, 5.74) is 4.55. The fraction of sp³-hybridized carbons (Fsp3) is 0.261. The van der Waals surface area contributed by atoms with Crippen LogP contribution in [0, 0.1) is 0 Å². The van der Waals surface area contributed by atoms with Gasteiger partial charge in [-0.05, 0) is 29.7 Å². The van der Waals surface area contributed by atoms with E-state index in [9.17, 15) is 4.79 Å². The second kappa shape index (κ2) is 8.31. The standard InChI is InChI=1S/C23H25N3O2/c1-28-13-12-26-16-18(20-7-3-5-9-22(20)26)14-23(27)24-11-10-17-15-25-21-8-4-2-6-19(17)21/h2-9,15-16,25H,10-14H2,1H3,(H,24,27). The van der Waals surface area contributed by atoms with Crippen LogP contribution in [-0.2, 0) is 28.9 Å². The van der Waals surface area contributed by atoms with Gasteiger partial charge in [-0.25, -0.2) is 0 Å². The van der Waals surface area contributed by atoms with Crippen molar-refractivity contribution in [2.45, 2.75) is 19.4 Å². The molecule has 0 atom stereocenters. The molecule has 0 unspecified atom stereocenters. The highest BCUT2D eigenvalue weighted by atomic mass is 16.5. The van der Waals surface area contributed by atoms with Crippen LogP contribution in [0.25, 0.3) is 21.8 Å². The fourth-order valence-electron chi connectivity index (χ4n) is 3.75. The van der Waals surface area contributed by atoms with Gasteiger partial charge in [0.05, 0.1) is 13.0 Å². The van der Waals surface area contributed by atoms with Gasteiger partial charge in [0.15, 0.2) is 0 Å². The number of rotatable bonds is 8. The first kappa shape index (κ1) is 18.3. The van der Waals surface area contributed by atoms with Gasteiger partial charge in [0, 0.05) is 54.4 Å². The molecule has 4 aromatic rings. The third-order valence-electron chi connectivity index (χ3n) is 5.15. The molecule has 0 bridgehead atoms. The average Bonchev–Trinajstić information content (AvgIpc) is 3.28. The number of ether oxygens (including phenoxy) is 1. The van der Waals surface area contributed by atoms with Crippen LogP contribution in [0.4, 0.5) is 0 Å². The first-order valence-electron chi connectivity index (χ1n) is 9.63. The lowest BCUT2D eigenvalue weighted by Crippen LogP contribution is -2.27. The van der Waals surface area contributed by atoms with Gasteiger partial charge in [0.1, 0.15) is 0 Å². The lowest BCUT2D eigenvalue weighted by atomic mass is 10.1. The van der Waals surface area contributed by atoms with Gasteiger partial charge in [-0.15, -0.1) is 0 Å². The molecule has 2 aromatic heterocycles. The minimum absolute atomic E-state index is 0.0504. The first-order chi connectivity index (χ1) is 13.8. The van der Waals surface area contributed by atoms with Gasteiger partial charge in [0.25, 0.3) is 0 Å². The van der Waals surface area contributed by atoms with Gasteiger partial charge < -0.3 is 19.6 Å². The molecule has 0 saturated carbocycles. The molecule has 1 amide bonds. The Morgan fingerprint density at radius 1 is 1.07 bits per heavy atom. The summed E-state index contributed by atoms with van der Waals surface area (Å²) in [7, 11) is 1.70. The zero-order valence-corrected chi connectivity index (χ0v) is 16.1. The molecule has 2 N–H and O–H groups in total. The summed E-state index contributed by atoms with van der Waals surface area (Å²) in [4.78, 5) is 15.8. The first-order valence-corrected chi connectivity index (χ1v) is 9.63. The van der Waals surface area contributed by atoms with Crippen molar-refractivity contribution in [3.8, 4) is 0 Å². The summed E-state index contributed by atoms with van der Waals surface area (Å²) in [6.07, 6.45) is 5.29. The lowest BCUT2D eigenvalue weighted by molar-refractivity contribution is -0.120. The summed E-state index contributed by atoms with van der Waals surface area (Å²) < 4.78 is 7.36. The summed E-state index contributed by atoms with van der Waals surface area (Å²) in [5.74, 6) is 0.0504. The van der Waals surface area contributed by atoms with Crippen LogP contribution in [0.2, 0.25) is 0 Å². The minimum atomic E-state index is 0.0504. The van der Waals surface area contributed by atoms with E-state index < -0.39 is 0 Å². The normalized spacial score (nSPS) is 11.3. The van der Waals surface area contributed by atoms with Crippen molar-refractivity contribution in [3.05, 3.63) is 72.1 Å². The van der Waals surface area contributed by atoms with Crippen LogP contribution < -0.4 is 5.32 Å². The van der Waals surface area contributed by atoms with E-state index in [0.29, 0.717) is 19.6 Å². The highest BCUT2D eigenvalue weighted by molar-refractivity contribution is 5.89. The van der Waals surface area contributed by atoms with E-state index in [1.807, 2.05) is 30.5 Å². The Morgan fingerprint density at radius 2 is 1.86 bits per heavy atom. The largest absolute Gasteiger partial charge is 0.383 e. The molecule has 0 spiro atoms. The maximum atomic E-state index is 12.5. The Balaban J connectivity index is 1.40. The summed E-state index contributed by atoms with van der Waals surface area (Å²) in [6, 6.07) is 16.4. The fourth-order valence-corrected chi connectivity index (χ4v) is 3.75. The number of aromatic nitrogens is 2. The molecular formula is C23H25N3O2. The topological polar surface area (TPSA) is 59.0 Å². The summed E-state index contributed by atoms with van der Waals surface area (Å²) >= 11 is 0. The molecule has 2 aromatic carbocycles. The van der Waals surface area contributed by atoms with Crippen molar-refractivity contribution in [3.63, 3.8) is 0 Å². The van der Waals surface area contributed by atoms with E-state index in [2.05, 4.69) is 45.3 Å². The number of hydrogen-bond donors (Lipinski definition) is 2. The summed E-state index contributed by atoms with van der Waals surface area (Å²) in [6.45, 7) is 2.05. The van der Waals surface area contributed by atoms with Crippen molar-refractivity contribution in [1.29, 1.82) is 0 Å². The number of nitrogens with one attached hydrogen (secondary N) is 2. The molecule has 4 rings (SSSR count). The predicted molar refractivity (Wildman–Crippen MR) is 113 cm³/mol. The smallest absolute Gasteiger partial charge is 0.224 e. The van der Waals surface area contributed by atoms with E-state index in [4.69, 9.17) is 4.74 Å². The molecule has 0 aliphatic carbocycles. The van der Waals surface area contributed by atoms with Crippen LogP contribution in [0.3, 0.4) is 0 Å². The molecule has 0 aliphatic heterocycles. The van der Waals surface area contributed by atoms with Crippen LogP contribution >= 0.6 is 0 Å². The molecule has 5 nitrogen and oxygen atoms in total. The maximum Gasteiger partial charge on any atom is 0.224 e. The second-order valence-electron chi connectivity index (χ2n) is 6.99. The highest BCUT2D eigenvalue weighted by Crippen LogP contribution is 2.22. The molecule has 5 heteroatoms. The van der Waals surface area contributed by atoms with Crippen LogP contribution in [-0.4, -0.2) is 35.7 Å². The number of para-hydroxylation sites is 2. The Kier molecular flexibility index (Phi) is 5.44. The zero-order chi connectivity index (χ0) is 19.3. The monoisotopic (exact) mass is 375 g/mol. The third-order valence-corrected chi connectivity index (χ3v) is 5.15. The Hall–Kier alpha value is -3.05. The number of nitrogens with zero attached hydrogens (tertiary/aromatic N) is 1. The number of carbonyl (C=O) groups excluding carboxylic acids is 1. The summed E-state index contributed by atoms with van der Waals surface area (Å²) in [5, 5.41) is 5.41. The Bertz CT molecular complexity index is 1090. The van der Waals surface area contributed by atoms with Gasteiger partial charge >= 0.3 is 0 Å². The van der Waals surface area contributed by atoms with Gasteiger partial charge in [-0.2, -0.15) is 0 Å². The predicted octanol–water partition coefficient (Wildman–Crippen LogP) is 3.67. The van der Waals surface area contributed by atoms with Gasteiger partial charge in [-0.3, -0.25) is 4.79 Å². The quantitative estimate of drug-likeness (QED) is 0.494. The van der Waals surface area contributed by atoms with Gasteiger partial charge in [-0.1, -0.05) is 36.4 Å². The van der Waals surface area contributed by atoms with Crippen molar-refractivity contribution >= 4 is 27.7 Å². The molecule has 144 valence electrons. The van der Waals surface area contributed by atoms with E-state index in [0.717, 1.165) is 34.9 Å². The molecule has 0 saturated heterocycles.